The first-order chi connectivity index (χ1) is 17.8. The average Bonchev–Trinajstić information content (AvgIpc) is 3.54. The van der Waals surface area contributed by atoms with Crippen LogP contribution in [0.15, 0.2) is 36.9 Å². The molecule has 1 saturated heterocycles. The molecule has 192 valence electrons. The number of aromatic nitrogens is 7. The second kappa shape index (κ2) is 9.81. The molecule has 0 unspecified atom stereocenters. The Labute approximate surface area is 210 Å². The summed E-state index contributed by atoms with van der Waals surface area (Å²) >= 11 is 0. The van der Waals surface area contributed by atoms with Crippen molar-refractivity contribution < 1.29 is 25.2 Å². The van der Waals surface area contributed by atoms with Crippen molar-refractivity contribution in [3.05, 3.63) is 42.5 Å². The Morgan fingerprint density at radius 2 is 1.92 bits per heavy atom. The molecule has 0 bridgehead atoms. The third-order valence-electron chi connectivity index (χ3n) is 6.00. The van der Waals surface area contributed by atoms with Crippen molar-refractivity contribution in [1.82, 2.24) is 34.7 Å². The number of nitrogens with zero attached hydrogens (tertiary/aromatic N) is 8. The van der Waals surface area contributed by atoms with Crippen LogP contribution in [0.5, 0.6) is 0 Å². The lowest BCUT2D eigenvalue weighted by Gasteiger charge is -2.39. The fourth-order valence-corrected chi connectivity index (χ4v) is 4.17. The van der Waals surface area contributed by atoms with E-state index in [4.69, 9.17) is 10.00 Å². The molecule has 0 saturated carbocycles. The highest BCUT2D eigenvalue weighted by Gasteiger charge is 2.44. The highest BCUT2D eigenvalue weighted by Crippen LogP contribution is 2.32. The van der Waals surface area contributed by atoms with E-state index in [0.717, 1.165) is 0 Å². The number of ether oxygens (including phenoxy) is 1. The van der Waals surface area contributed by atoms with Gasteiger partial charge in [0.2, 0.25) is 0 Å². The lowest BCUT2D eigenvalue weighted by Crippen LogP contribution is -2.56. The van der Waals surface area contributed by atoms with Crippen molar-refractivity contribution in [2.24, 2.45) is 0 Å². The molecule has 14 heteroatoms. The quantitative estimate of drug-likeness (QED) is 0.229. The minimum atomic E-state index is -1.54. The monoisotopic (exact) mass is 507 g/mol. The summed E-state index contributed by atoms with van der Waals surface area (Å²) in [6, 6.07) is 5.60. The first kappa shape index (κ1) is 24.7. The number of pyridine rings is 2. The number of nitrogens with one attached hydrogen (secondary N) is 1. The van der Waals surface area contributed by atoms with Gasteiger partial charge in [0.15, 0.2) is 17.7 Å². The fraction of sp³-hybridized carbons (Fsp3) is 0.391. The van der Waals surface area contributed by atoms with Crippen LogP contribution in [0.3, 0.4) is 0 Å². The van der Waals surface area contributed by atoms with Crippen molar-refractivity contribution in [2.75, 3.05) is 11.9 Å². The fourth-order valence-electron chi connectivity index (χ4n) is 4.17. The van der Waals surface area contributed by atoms with Gasteiger partial charge in [0.1, 0.15) is 36.2 Å². The van der Waals surface area contributed by atoms with E-state index in [0.29, 0.717) is 39.4 Å². The largest absolute Gasteiger partial charge is 0.394 e. The maximum Gasteiger partial charge on any atom is 0.180 e. The molecular weight excluding hydrogens is 482 g/mol. The number of fused-ring (bicyclic) bond motifs is 1. The van der Waals surface area contributed by atoms with E-state index in [2.05, 4.69) is 36.8 Å². The lowest BCUT2D eigenvalue weighted by atomic mass is 9.98. The number of nitriles is 1. The predicted molar refractivity (Wildman–Crippen MR) is 128 cm³/mol. The number of hydrogen-bond donors (Lipinski definition) is 5. The summed E-state index contributed by atoms with van der Waals surface area (Å²) in [4.78, 5) is 8.88. The highest BCUT2D eigenvalue weighted by molar-refractivity contribution is 5.79. The van der Waals surface area contributed by atoms with Crippen LogP contribution in [0.1, 0.15) is 25.6 Å². The highest BCUT2D eigenvalue weighted by atomic mass is 16.6. The molecule has 0 aromatic carbocycles. The van der Waals surface area contributed by atoms with Crippen molar-refractivity contribution >= 4 is 16.7 Å². The summed E-state index contributed by atoms with van der Waals surface area (Å²) in [7, 11) is 0. The standard InChI is InChI=1S/C23H25N9O5/c1-11(2)28-15-4-18(32-22-13(7-27-32)3-12(5-24)6-26-22)25-8-14(15)16-9-31(30-29-16)23-21(36)20(35)19(34)17(10-33)37-23/h3-4,6-9,11,17,19-21,23,33-36H,10H2,1-2H3,(H,25,28)/t17-,19+,20+,21-,23-/m1/s1. The molecule has 5 atom stereocenters. The zero-order chi connectivity index (χ0) is 26.3. The van der Waals surface area contributed by atoms with Crippen LogP contribution in [0, 0.1) is 11.3 Å². The van der Waals surface area contributed by atoms with Crippen LogP contribution >= 0.6 is 0 Å². The van der Waals surface area contributed by atoms with Crippen molar-refractivity contribution in [2.45, 2.75) is 50.5 Å². The van der Waals surface area contributed by atoms with Gasteiger partial charge in [0, 0.05) is 41.1 Å². The van der Waals surface area contributed by atoms with E-state index in [-0.39, 0.29) is 6.04 Å². The summed E-state index contributed by atoms with van der Waals surface area (Å²) in [6.45, 7) is 3.40. The van der Waals surface area contributed by atoms with Crippen LogP contribution in [-0.4, -0.2) is 92.2 Å². The Morgan fingerprint density at radius 1 is 1.11 bits per heavy atom. The van der Waals surface area contributed by atoms with Crippen LogP contribution < -0.4 is 5.32 Å². The summed E-state index contributed by atoms with van der Waals surface area (Å²) in [5.41, 5.74) is 2.66. The van der Waals surface area contributed by atoms with Gasteiger partial charge >= 0.3 is 0 Å². The van der Waals surface area contributed by atoms with Gasteiger partial charge in [-0.3, -0.25) is 0 Å². The Kier molecular flexibility index (Phi) is 6.54. The van der Waals surface area contributed by atoms with Crippen molar-refractivity contribution in [3.8, 4) is 23.1 Å². The summed E-state index contributed by atoms with van der Waals surface area (Å²) in [6.07, 6.45) is -0.561. The average molecular weight is 508 g/mol. The minimum absolute atomic E-state index is 0.0557. The van der Waals surface area contributed by atoms with Crippen LogP contribution in [-0.2, 0) is 4.74 Å². The third-order valence-corrected chi connectivity index (χ3v) is 6.00. The molecule has 0 spiro atoms. The predicted octanol–water partition coefficient (Wildman–Crippen LogP) is -0.262. The number of hydrogen-bond acceptors (Lipinski definition) is 12. The Morgan fingerprint density at radius 3 is 2.65 bits per heavy atom. The van der Waals surface area contributed by atoms with Gasteiger partial charge in [-0.2, -0.15) is 15.0 Å². The van der Waals surface area contributed by atoms with Crippen molar-refractivity contribution in [3.63, 3.8) is 0 Å². The summed E-state index contributed by atoms with van der Waals surface area (Å²) < 4.78 is 8.36. The summed E-state index contributed by atoms with van der Waals surface area (Å²) in [5.74, 6) is 0.487. The molecule has 0 amide bonds. The molecule has 14 nitrogen and oxygen atoms in total. The van der Waals surface area contributed by atoms with Crippen LogP contribution in [0.4, 0.5) is 5.69 Å². The van der Waals surface area contributed by atoms with E-state index >= 15 is 0 Å². The first-order valence-corrected chi connectivity index (χ1v) is 11.5. The van der Waals surface area contributed by atoms with E-state index in [9.17, 15) is 20.4 Å². The molecule has 4 aromatic heterocycles. The molecule has 5 N–H and O–H groups in total. The number of rotatable bonds is 6. The van der Waals surface area contributed by atoms with E-state index in [1.807, 2.05) is 13.8 Å². The second-order valence-corrected chi connectivity index (χ2v) is 9.00. The van der Waals surface area contributed by atoms with Gasteiger partial charge in [-0.05, 0) is 19.9 Å². The molecule has 1 aliphatic rings. The minimum Gasteiger partial charge on any atom is -0.394 e. The molecule has 5 rings (SSSR count). The smallest absolute Gasteiger partial charge is 0.180 e. The maximum atomic E-state index is 10.4. The van der Waals surface area contributed by atoms with Gasteiger partial charge in [-0.25, -0.2) is 14.6 Å². The maximum absolute atomic E-state index is 10.4. The second-order valence-electron chi connectivity index (χ2n) is 9.00. The van der Waals surface area contributed by atoms with E-state index in [1.165, 1.54) is 17.1 Å². The Balaban J connectivity index is 1.50. The zero-order valence-electron chi connectivity index (χ0n) is 19.9. The summed E-state index contributed by atoms with van der Waals surface area (Å²) in [5, 5.41) is 65.8. The Bertz CT molecular complexity index is 1460. The normalized spacial score (nSPS) is 23.9. The van der Waals surface area contributed by atoms with Crippen LogP contribution in [0.2, 0.25) is 0 Å². The number of aliphatic hydroxyl groups is 4. The third kappa shape index (κ3) is 4.50. The van der Waals surface area contributed by atoms with Crippen molar-refractivity contribution in [1.29, 1.82) is 5.26 Å². The van der Waals surface area contributed by atoms with Gasteiger partial charge in [-0.1, -0.05) is 5.21 Å². The van der Waals surface area contributed by atoms with Gasteiger partial charge in [-0.15, -0.1) is 5.10 Å². The molecule has 1 aliphatic heterocycles. The van der Waals surface area contributed by atoms with Crippen LogP contribution in [0.25, 0.3) is 28.1 Å². The lowest BCUT2D eigenvalue weighted by molar-refractivity contribution is -0.254. The number of anilines is 1. The SMILES string of the molecule is CC(C)Nc1cc(-n2ncc3cc(C#N)cnc32)ncc1-c1cn([C@@H]2O[C@H](CO)[C@H](O)[C@H](O)[C@H]2O)nn1. The molecule has 5 heterocycles. The van der Waals surface area contributed by atoms with E-state index in [1.54, 1.807) is 29.2 Å². The van der Waals surface area contributed by atoms with Gasteiger partial charge in [0.05, 0.1) is 24.6 Å². The molecule has 0 radical (unpaired) electrons. The zero-order valence-corrected chi connectivity index (χ0v) is 19.9. The topological polar surface area (TPSA) is 200 Å². The molecule has 1 fully saturated rings. The Hall–Kier alpha value is -4.00. The molecule has 37 heavy (non-hydrogen) atoms. The van der Waals surface area contributed by atoms with Gasteiger partial charge < -0.3 is 30.5 Å². The molecule has 0 aliphatic carbocycles. The van der Waals surface area contributed by atoms with Gasteiger partial charge in [0.25, 0.3) is 0 Å². The first-order valence-electron chi connectivity index (χ1n) is 11.5. The number of aliphatic hydroxyl groups excluding tert-OH is 4. The van der Waals surface area contributed by atoms with E-state index < -0.39 is 37.3 Å². The molecule has 4 aromatic rings. The molecular formula is C23H25N9O5.